The van der Waals surface area contributed by atoms with Crippen molar-refractivity contribution in [3.63, 3.8) is 0 Å². The Bertz CT molecular complexity index is 854. The Balaban J connectivity index is 1.97. The van der Waals surface area contributed by atoms with E-state index in [-0.39, 0.29) is 18.3 Å². The molecule has 0 N–H and O–H groups in total. The highest BCUT2D eigenvalue weighted by Crippen LogP contribution is 2.32. The molecule has 3 rings (SSSR count). The lowest BCUT2D eigenvalue weighted by Gasteiger charge is -2.35. The molecule has 0 spiro atoms. The number of halogens is 3. The van der Waals surface area contributed by atoms with Gasteiger partial charge in [0.1, 0.15) is 12.3 Å². The molecular formula is C18H22F3N3O3. The molecule has 1 aliphatic heterocycles. The van der Waals surface area contributed by atoms with Crippen LogP contribution in [0.5, 0.6) is 0 Å². The monoisotopic (exact) mass is 385 g/mol. The number of morpholine rings is 1. The summed E-state index contributed by atoms with van der Waals surface area (Å²) in [6.45, 7) is 6.49. The maximum absolute atomic E-state index is 13.0. The first-order valence-electron chi connectivity index (χ1n) is 8.65. The van der Waals surface area contributed by atoms with Gasteiger partial charge in [-0.3, -0.25) is 9.48 Å². The van der Waals surface area contributed by atoms with Crippen molar-refractivity contribution in [3.05, 3.63) is 40.1 Å². The minimum Gasteiger partial charge on any atom is -0.456 e. The highest BCUT2D eigenvalue weighted by atomic mass is 19.4. The molecule has 0 radical (unpaired) electrons. The molecule has 9 heteroatoms. The normalized spacial score (nSPS) is 18.2. The number of carbonyl (C=O) groups is 1. The van der Waals surface area contributed by atoms with Gasteiger partial charge in [0.15, 0.2) is 5.76 Å². The van der Waals surface area contributed by atoms with Gasteiger partial charge in [0.25, 0.3) is 5.91 Å². The van der Waals surface area contributed by atoms with Crippen molar-refractivity contribution in [1.82, 2.24) is 14.7 Å². The minimum atomic E-state index is -4.37. The summed E-state index contributed by atoms with van der Waals surface area (Å²) in [7, 11) is 0. The van der Waals surface area contributed by atoms with E-state index in [1.54, 1.807) is 38.7 Å². The van der Waals surface area contributed by atoms with Crippen molar-refractivity contribution in [1.29, 1.82) is 0 Å². The number of aromatic nitrogens is 2. The zero-order chi connectivity index (χ0) is 19.9. The van der Waals surface area contributed by atoms with Crippen molar-refractivity contribution in [2.75, 3.05) is 19.8 Å². The molecule has 1 amide bonds. The highest BCUT2D eigenvalue weighted by Gasteiger charge is 2.36. The number of carbonyl (C=O) groups excluding carboxylic acids is 1. The maximum atomic E-state index is 13.0. The lowest BCUT2D eigenvalue weighted by Crippen LogP contribution is -2.44. The second-order valence-corrected chi connectivity index (χ2v) is 6.82. The topological polar surface area (TPSA) is 60.5 Å². The second kappa shape index (κ2) is 7.03. The first kappa shape index (κ1) is 19.5. The van der Waals surface area contributed by atoms with E-state index in [4.69, 9.17) is 9.15 Å². The van der Waals surface area contributed by atoms with Crippen LogP contribution in [0, 0.1) is 27.7 Å². The van der Waals surface area contributed by atoms with Crippen LogP contribution in [0.3, 0.4) is 0 Å². The fourth-order valence-electron chi connectivity index (χ4n) is 3.59. The van der Waals surface area contributed by atoms with Gasteiger partial charge in [0.05, 0.1) is 24.9 Å². The zero-order valence-electron chi connectivity index (χ0n) is 15.7. The Morgan fingerprint density at radius 2 is 2.00 bits per heavy atom. The summed E-state index contributed by atoms with van der Waals surface area (Å²) >= 11 is 0. The Morgan fingerprint density at radius 3 is 2.59 bits per heavy atom. The number of nitrogens with zero attached hydrogens (tertiary/aromatic N) is 3. The number of ether oxygens (including phenoxy) is 1. The van der Waals surface area contributed by atoms with Gasteiger partial charge in [-0.15, -0.1) is 0 Å². The van der Waals surface area contributed by atoms with E-state index < -0.39 is 18.8 Å². The van der Waals surface area contributed by atoms with Crippen molar-refractivity contribution in [2.45, 2.75) is 46.5 Å². The van der Waals surface area contributed by atoms with Gasteiger partial charge in [0.2, 0.25) is 0 Å². The van der Waals surface area contributed by atoms with E-state index >= 15 is 0 Å². The number of aryl methyl sites for hydroxylation is 3. The van der Waals surface area contributed by atoms with Crippen LogP contribution < -0.4 is 0 Å². The third-order valence-corrected chi connectivity index (χ3v) is 4.72. The van der Waals surface area contributed by atoms with Crippen LogP contribution in [0.15, 0.2) is 10.5 Å². The molecule has 3 heterocycles. The van der Waals surface area contributed by atoms with Gasteiger partial charge in [-0.05, 0) is 33.8 Å². The molecule has 27 heavy (non-hydrogen) atoms. The maximum Gasteiger partial charge on any atom is 0.408 e. The fourth-order valence-corrected chi connectivity index (χ4v) is 3.59. The number of rotatable bonds is 3. The van der Waals surface area contributed by atoms with Gasteiger partial charge in [-0.25, -0.2) is 0 Å². The molecular weight excluding hydrogens is 363 g/mol. The third-order valence-electron chi connectivity index (χ3n) is 4.72. The van der Waals surface area contributed by atoms with Crippen molar-refractivity contribution < 1.29 is 27.1 Å². The molecule has 0 unspecified atom stereocenters. The summed E-state index contributed by atoms with van der Waals surface area (Å²) in [6, 6.07) is 1.26. The fraction of sp³-hybridized carbons (Fsp3) is 0.556. The number of alkyl halides is 3. The molecule has 1 atom stereocenters. The third kappa shape index (κ3) is 3.87. The predicted molar refractivity (Wildman–Crippen MR) is 90.5 cm³/mol. The van der Waals surface area contributed by atoms with Gasteiger partial charge < -0.3 is 14.1 Å². The minimum absolute atomic E-state index is 0.198. The molecule has 0 aliphatic carbocycles. The number of hydrogen-bond donors (Lipinski definition) is 0. The van der Waals surface area contributed by atoms with Crippen molar-refractivity contribution in [3.8, 4) is 0 Å². The summed E-state index contributed by atoms with van der Waals surface area (Å²) in [6.07, 6.45) is -4.37. The molecule has 148 valence electrons. The van der Waals surface area contributed by atoms with Gasteiger partial charge in [-0.2, -0.15) is 18.3 Å². The first-order valence-corrected chi connectivity index (χ1v) is 8.65. The van der Waals surface area contributed by atoms with Crippen LogP contribution in [0.25, 0.3) is 0 Å². The standard InChI is InChI=1S/C18H22F3N3O3/c1-10-7-11(2)27-16(10)17(25)23-5-6-26-8-14(23)15-12(3)22-24(13(15)4)9-18(19,20)21/h7,14H,5-6,8-9H2,1-4H3/t14-/m1/s1. The Hall–Kier alpha value is -2.29. The summed E-state index contributed by atoms with van der Waals surface area (Å²) in [5.74, 6) is 0.583. The van der Waals surface area contributed by atoms with E-state index in [1.165, 1.54) is 0 Å². The van der Waals surface area contributed by atoms with Gasteiger partial charge in [0, 0.05) is 23.4 Å². The average Bonchev–Trinajstić information content (AvgIpc) is 3.04. The van der Waals surface area contributed by atoms with Crippen molar-refractivity contribution in [2.24, 2.45) is 0 Å². The molecule has 1 fully saturated rings. The summed E-state index contributed by atoms with van der Waals surface area (Å²) in [5, 5.41) is 4.04. The van der Waals surface area contributed by atoms with Crippen LogP contribution in [0.2, 0.25) is 0 Å². The summed E-state index contributed by atoms with van der Waals surface area (Å²) in [4.78, 5) is 14.6. The molecule has 0 aromatic carbocycles. The quantitative estimate of drug-likeness (QED) is 0.812. The van der Waals surface area contributed by atoms with Crippen LogP contribution in [-0.2, 0) is 11.3 Å². The van der Waals surface area contributed by atoms with Crippen LogP contribution in [0.4, 0.5) is 13.2 Å². The van der Waals surface area contributed by atoms with Crippen molar-refractivity contribution >= 4 is 5.91 Å². The van der Waals surface area contributed by atoms with Crippen LogP contribution in [-0.4, -0.2) is 46.5 Å². The Kier molecular flexibility index (Phi) is 5.07. The number of furan rings is 1. The van der Waals surface area contributed by atoms with Crippen LogP contribution >= 0.6 is 0 Å². The molecule has 0 bridgehead atoms. The zero-order valence-corrected chi connectivity index (χ0v) is 15.7. The first-order chi connectivity index (χ1) is 12.6. The Morgan fingerprint density at radius 1 is 1.30 bits per heavy atom. The molecule has 2 aromatic heterocycles. The lowest BCUT2D eigenvalue weighted by atomic mass is 10.0. The van der Waals surface area contributed by atoms with Gasteiger partial charge >= 0.3 is 6.18 Å². The average molecular weight is 385 g/mol. The highest BCUT2D eigenvalue weighted by molar-refractivity contribution is 5.93. The second-order valence-electron chi connectivity index (χ2n) is 6.82. The molecule has 0 saturated carbocycles. The largest absolute Gasteiger partial charge is 0.456 e. The summed E-state index contributed by atoms with van der Waals surface area (Å²) < 4.78 is 50.4. The van der Waals surface area contributed by atoms with E-state index in [2.05, 4.69) is 5.10 Å². The molecule has 6 nitrogen and oxygen atoms in total. The number of amides is 1. The van der Waals surface area contributed by atoms with Crippen LogP contribution in [0.1, 0.15) is 44.9 Å². The predicted octanol–water partition coefficient (Wildman–Crippen LogP) is 3.49. The number of hydrogen-bond acceptors (Lipinski definition) is 4. The molecule has 1 saturated heterocycles. The van der Waals surface area contributed by atoms with E-state index in [9.17, 15) is 18.0 Å². The van der Waals surface area contributed by atoms with E-state index in [0.29, 0.717) is 35.9 Å². The lowest BCUT2D eigenvalue weighted by molar-refractivity contribution is -0.143. The van der Waals surface area contributed by atoms with E-state index in [0.717, 1.165) is 10.2 Å². The SMILES string of the molecule is Cc1cc(C)c(C(=O)N2CCOC[C@@H]2c2c(C)nn(CC(F)(F)F)c2C)o1. The summed E-state index contributed by atoms with van der Waals surface area (Å²) in [5.41, 5.74) is 2.15. The molecule has 2 aromatic rings. The van der Waals surface area contributed by atoms with E-state index in [1.807, 2.05) is 0 Å². The smallest absolute Gasteiger partial charge is 0.408 e. The Labute approximate surface area is 154 Å². The van der Waals surface area contributed by atoms with Gasteiger partial charge in [-0.1, -0.05) is 0 Å². The molecule has 1 aliphatic rings.